The summed E-state index contributed by atoms with van der Waals surface area (Å²) in [7, 11) is 0. The minimum absolute atomic E-state index is 0.266. The first-order valence-electron chi connectivity index (χ1n) is 8.96. The fourth-order valence-corrected chi connectivity index (χ4v) is 2.19. The van der Waals surface area contributed by atoms with Gasteiger partial charge in [0.1, 0.15) is 0 Å². The number of carbonyl (C=O) groups excluding carboxylic acids is 1. The fraction of sp³-hybridized carbons (Fsp3) is 0.650. The molecule has 0 aromatic carbocycles. The molecular formula is C20H34O2. The van der Waals surface area contributed by atoms with E-state index in [0.717, 1.165) is 12.8 Å². The number of hydrogen-bond acceptors (Lipinski definition) is 2. The summed E-state index contributed by atoms with van der Waals surface area (Å²) in [5, 5.41) is 0. The van der Waals surface area contributed by atoms with Gasteiger partial charge in [0.25, 0.3) is 0 Å². The van der Waals surface area contributed by atoms with Gasteiger partial charge in [0, 0.05) is 6.08 Å². The number of rotatable bonds is 14. The Morgan fingerprint density at radius 3 is 1.95 bits per heavy atom. The van der Waals surface area contributed by atoms with Crippen molar-refractivity contribution in [2.24, 2.45) is 0 Å². The number of unbranched alkanes of at least 4 members (excludes halogenated alkanes) is 8. The number of allylic oxidation sites excluding steroid dienone is 5. The second-order valence-electron chi connectivity index (χ2n) is 5.47. The van der Waals surface area contributed by atoms with Gasteiger partial charge < -0.3 is 4.74 Å². The van der Waals surface area contributed by atoms with Crippen LogP contribution in [-0.4, -0.2) is 12.6 Å². The summed E-state index contributed by atoms with van der Waals surface area (Å²) < 4.78 is 4.80. The monoisotopic (exact) mass is 306 g/mol. The third-order valence-corrected chi connectivity index (χ3v) is 3.41. The Labute approximate surface area is 137 Å². The van der Waals surface area contributed by atoms with Gasteiger partial charge in [-0.15, -0.1) is 0 Å². The van der Waals surface area contributed by atoms with Crippen LogP contribution in [0.1, 0.15) is 78.1 Å². The average Bonchev–Trinajstić information content (AvgIpc) is 2.51. The Bertz CT molecular complexity index is 327. The molecule has 2 nitrogen and oxygen atoms in total. The zero-order chi connectivity index (χ0) is 16.3. The molecule has 0 rings (SSSR count). The Hall–Kier alpha value is -1.31. The largest absolute Gasteiger partial charge is 0.463 e. The second-order valence-corrected chi connectivity index (χ2v) is 5.47. The Kier molecular flexibility index (Phi) is 16.7. The quantitative estimate of drug-likeness (QED) is 0.127. The number of esters is 1. The van der Waals surface area contributed by atoms with Crippen molar-refractivity contribution in [1.29, 1.82) is 0 Å². The van der Waals surface area contributed by atoms with Gasteiger partial charge in [-0.25, -0.2) is 4.79 Å². The molecule has 0 aromatic heterocycles. The van der Waals surface area contributed by atoms with E-state index in [9.17, 15) is 4.79 Å². The van der Waals surface area contributed by atoms with Crippen LogP contribution >= 0.6 is 0 Å². The van der Waals surface area contributed by atoms with Gasteiger partial charge in [-0.2, -0.15) is 0 Å². The van der Waals surface area contributed by atoms with E-state index in [1.807, 2.05) is 13.0 Å². The van der Waals surface area contributed by atoms with Crippen molar-refractivity contribution >= 4 is 5.97 Å². The van der Waals surface area contributed by atoms with E-state index >= 15 is 0 Å². The van der Waals surface area contributed by atoms with Crippen molar-refractivity contribution in [3.05, 3.63) is 36.5 Å². The van der Waals surface area contributed by atoms with Crippen molar-refractivity contribution < 1.29 is 9.53 Å². The molecular weight excluding hydrogens is 272 g/mol. The molecule has 0 N–H and O–H groups in total. The van der Waals surface area contributed by atoms with Crippen LogP contribution in [0, 0.1) is 0 Å². The van der Waals surface area contributed by atoms with Gasteiger partial charge >= 0.3 is 5.97 Å². The highest BCUT2D eigenvalue weighted by atomic mass is 16.5. The number of hydrogen-bond donors (Lipinski definition) is 0. The van der Waals surface area contributed by atoms with Crippen molar-refractivity contribution in [2.75, 3.05) is 6.61 Å². The van der Waals surface area contributed by atoms with Gasteiger partial charge in [-0.3, -0.25) is 0 Å². The highest BCUT2D eigenvalue weighted by Gasteiger charge is 1.91. The summed E-state index contributed by atoms with van der Waals surface area (Å²) in [6.07, 6.45) is 24.7. The maximum Gasteiger partial charge on any atom is 0.330 e. The molecule has 0 aliphatic carbocycles. The van der Waals surface area contributed by atoms with Crippen LogP contribution in [0.5, 0.6) is 0 Å². The smallest absolute Gasteiger partial charge is 0.330 e. The van der Waals surface area contributed by atoms with Gasteiger partial charge in [-0.1, -0.05) is 69.4 Å². The fourth-order valence-electron chi connectivity index (χ4n) is 2.19. The van der Waals surface area contributed by atoms with Crippen LogP contribution in [0.15, 0.2) is 36.5 Å². The van der Waals surface area contributed by atoms with E-state index in [0.29, 0.717) is 6.61 Å². The lowest BCUT2D eigenvalue weighted by molar-refractivity contribution is -0.137. The van der Waals surface area contributed by atoms with Gasteiger partial charge in [0.2, 0.25) is 0 Å². The molecule has 0 unspecified atom stereocenters. The third kappa shape index (κ3) is 16.7. The lowest BCUT2D eigenvalue weighted by atomic mass is 10.1. The maximum absolute atomic E-state index is 11.0. The molecule has 0 aliphatic heterocycles. The highest BCUT2D eigenvalue weighted by Crippen LogP contribution is 2.10. The molecule has 2 heteroatoms. The van der Waals surface area contributed by atoms with Crippen LogP contribution in [0.4, 0.5) is 0 Å². The van der Waals surface area contributed by atoms with Gasteiger partial charge in [0.15, 0.2) is 0 Å². The molecule has 22 heavy (non-hydrogen) atoms. The van der Waals surface area contributed by atoms with E-state index in [1.165, 1.54) is 57.4 Å². The molecule has 0 amide bonds. The minimum Gasteiger partial charge on any atom is -0.463 e. The summed E-state index contributed by atoms with van der Waals surface area (Å²) >= 11 is 0. The molecule has 0 radical (unpaired) electrons. The van der Waals surface area contributed by atoms with Crippen LogP contribution in [0.25, 0.3) is 0 Å². The van der Waals surface area contributed by atoms with Crippen LogP contribution in [0.2, 0.25) is 0 Å². The first kappa shape index (κ1) is 20.7. The molecule has 126 valence electrons. The summed E-state index contributed by atoms with van der Waals surface area (Å²) in [5.74, 6) is -0.266. The highest BCUT2D eigenvalue weighted by molar-refractivity contribution is 5.82. The van der Waals surface area contributed by atoms with Crippen molar-refractivity contribution in [3.63, 3.8) is 0 Å². The van der Waals surface area contributed by atoms with E-state index in [1.54, 1.807) is 6.08 Å². The summed E-state index contributed by atoms with van der Waals surface area (Å²) in [4.78, 5) is 11.0. The van der Waals surface area contributed by atoms with Gasteiger partial charge in [-0.05, 0) is 39.0 Å². The molecule has 0 aliphatic rings. The summed E-state index contributed by atoms with van der Waals surface area (Å²) in [6.45, 7) is 4.43. The van der Waals surface area contributed by atoms with E-state index in [4.69, 9.17) is 4.74 Å². The van der Waals surface area contributed by atoms with Crippen molar-refractivity contribution in [2.45, 2.75) is 78.1 Å². The summed E-state index contributed by atoms with van der Waals surface area (Å²) in [5.41, 5.74) is 0. The second kappa shape index (κ2) is 17.7. The topological polar surface area (TPSA) is 26.3 Å². The molecule has 0 aromatic rings. The predicted octanol–water partition coefficient (Wildman–Crippen LogP) is 6.14. The van der Waals surface area contributed by atoms with E-state index < -0.39 is 0 Å². The molecule has 0 spiro atoms. The lowest BCUT2D eigenvalue weighted by Crippen LogP contribution is -1.98. The van der Waals surface area contributed by atoms with E-state index in [-0.39, 0.29) is 5.97 Å². The molecule has 0 bridgehead atoms. The standard InChI is InChI=1S/C20H34O2/c1-3-5-6-7-8-9-10-11-12-13-14-15-16-17-18-19-20(21)22-4-2/h5-6,16-19H,3-4,7-15H2,1-2H3. The SMILES string of the molecule is CCC=CCCCCCCCCCC=CC=CC(=O)OCC. The lowest BCUT2D eigenvalue weighted by Gasteiger charge is -2.00. The molecule has 0 saturated carbocycles. The Morgan fingerprint density at radius 1 is 0.773 bits per heavy atom. The molecule has 0 atom stereocenters. The summed E-state index contributed by atoms with van der Waals surface area (Å²) in [6, 6.07) is 0. The zero-order valence-corrected chi connectivity index (χ0v) is 14.6. The first-order chi connectivity index (χ1) is 10.8. The van der Waals surface area contributed by atoms with Gasteiger partial charge in [0.05, 0.1) is 6.61 Å². The number of ether oxygens (including phenoxy) is 1. The first-order valence-corrected chi connectivity index (χ1v) is 8.96. The molecule has 0 saturated heterocycles. The average molecular weight is 306 g/mol. The maximum atomic E-state index is 11.0. The Morgan fingerprint density at radius 2 is 1.36 bits per heavy atom. The zero-order valence-electron chi connectivity index (χ0n) is 14.6. The number of carbonyl (C=O) groups is 1. The Balaban J connectivity index is 3.26. The van der Waals surface area contributed by atoms with Crippen LogP contribution in [-0.2, 0) is 9.53 Å². The van der Waals surface area contributed by atoms with Crippen LogP contribution < -0.4 is 0 Å². The molecule has 0 fully saturated rings. The molecule has 0 heterocycles. The van der Waals surface area contributed by atoms with Crippen molar-refractivity contribution in [3.8, 4) is 0 Å². The predicted molar refractivity (Wildman–Crippen MR) is 95.9 cm³/mol. The van der Waals surface area contributed by atoms with E-state index in [2.05, 4.69) is 25.2 Å². The minimum atomic E-state index is -0.266. The third-order valence-electron chi connectivity index (χ3n) is 3.41. The normalized spacial score (nSPS) is 11.9. The van der Waals surface area contributed by atoms with Crippen molar-refractivity contribution in [1.82, 2.24) is 0 Å². The van der Waals surface area contributed by atoms with Crippen LogP contribution in [0.3, 0.4) is 0 Å².